The van der Waals surface area contributed by atoms with Crippen LogP contribution in [0.4, 0.5) is 10.5 Å². The molecule has 1 aliphatic rings. The number of halogens is 1. The molecule has 3 amide bonds. The fourth-order valence-electron chi connectivity index (χ4n) is 2.80. The zero-order valence-electron chi connectivity index (χ0n) is 14.3. The van der Waals surface area contributed by atoms with Gasteiger partial charge in [-0.05, 0) is 48.9 Å². The molecule has 3 rings (SSSR count). The molecule has 1 atom stereocenters. The van der Waals surface area contributed by atoms with Crippen LogP contribution in [0, 0.1) is 0 Å². The summed E-state index contributed by atoms with van der Waals surface area (Å²) in [4.78, 5) is 24.8. The van der Waals surface area contributed by atoms with Crippen molar-refractivity contribution in [1.82, 2.24) is 10.6 Å². The Morgan fingerprint density at radius 1 is 1.19 bits per heavy atom. The van der Waals surface area contributed by atoms with Crippen LogP contribution in [-0.4, -0.2) is 19.0 Å². The van der Waals surface area contributed by atoms with Crippen molar-refractivity contribution in [2.24, 2.45) is 0 Å². The second-order valence-corrected chi connectivity index (χ2v) is 6.24. The van der Waals surface area contributed by atoms with Crippen LogP contribution in [0.3, 0.4) is 0 Å². The maximum absolute atomic E-state index is 12.9. The monoisotopic (exact) mass is 371 g/mol. The minimum absolute atomic E-state index is 0.315. The summed E-state index contributed by atoms with van der Waals surface area (Å²) in [5.41, 5.74) is 2.28. The van der Waals surface area contributed by atoms with E-state index in [1.165, 1.54) is 0 Å². The Kier molecular flexibility index (Phi) is 5.14. The van der Waals surface area contributed by atoms with Gasteiger partial charge in [0.05, 0.1) is 18.7 Å². The topological polar surface area (TPSA) is 79.5 Å². The molecule has 2 aromatic rings. The molecule has 0 aromatic heterocycles. The molecule has 0 bridgehead atoms. The first-order valence-electron chi connectivity index (χ1n) is 7.97. The number of allylic oxidation sites excluding steroid dienone is 1. The van der Waals surface area contributed by atoms with Crippen molar-refractivity contribution in [2.45, 2.75) is 13.0 Å². The Morgan fingerprint density at radius 2 is 1.92 bits per heavy atom. The van der Waals surface area contributed by atoms with Gasteiger partial charge in [0.25, 0.3) is 5.91 Å². The molecule has 0 spiro atoms. The van der Waals surface area contributed by atoms with Gasteiger partial charge in [0.2, 0.25) is 0 Å². The standard InChI is InChI=1S/C19H18ClN3O3/c1-11-16(18(24)22-14-8-6-13(20)7-9-14)17(23-19(25)21-11)12-4-3-5-15(10-12)26-2/h3-10,17H,1-2H3,(H,22,24)(H2,21,23,25). The summed E-state index contributed by atoms with van der Waals surface area (Å²) < 4.78 is 5.24. The number of rotatable bonds is 4. The van der Waals surface area contributed by atoms with Crippen molar-refractivity contribution in [3.8, 4) is 5.75 Å². The van der Waals surface area contributed by atoms with E-state index < -0.39 is 6.04 Å². The Labute approximate surface area is 156 Å². The van der Waals surface area contributed by atoms with Crippen LogP contribution in [0.5, 0.6) is 5.75 Å². The van der Waals surface area contributed by atoms with E-state index >= 15 is 0 Å². The Hall–Kier alpha value is -2.99. The maximum Gasteiger partial charge on any atom is 0.319 e. The van der Waals surface area contributed by atoms with Crippen LogP contribution < -0.4 is 20.7 Å². The highest BCUT2D eigenvalue weighted by Gasteiger charge is 2.31. The highest BCUT2D eigenvalue weighted by atomic mass is 35.5. The van der Waals surface area contributed by atoms with Gasteiger partial charge in [-0.1, -0.05) is 23.7 Å². The first-order chi connectivity index (χ1) is 12.5. The van der Waals surface area contributed by atoms with Gasteiger partial charge in [0.1, 0.15) is 5.75 Å². The van der Waals surface area contributed by atoms with Crippen molar-refractivity contribution in [3.05, 3.63) is 70.4 Å². The number of urea groups is 1. The molecule has 1 unspecified atom stereocenters. The SMILES string of the molecule is COc1cccc(C2NC(=O)NC(C)=C2C(=O)Nc2ccc(Cl)cc2)c1. The molecular formula is C19H18ClN3O3. The zero-order valence-corrected chi connectivity index (χ0v) is 15.1. The lowest BCUT2D eigenvalue weighted by molar-refractivity contribution is -0.113. The number of hydrogen-bond acceptors (Lipinski definition) is 3. The third-order valence-corrected chi connectivity index (χ3v) is 4.29. The quantitative estimate of drug-likeness (QED) is 0.768. The zero-order chi connectivity index (χ0) is 18.7. The van der Waals surface area contributed by atoms with Crippen LogP contribution in [0.1, 0.15) is 18.5 Å². The number of carbonyl (C=O) groups excluding carboxylic acids is 2. The minimum atomic E-state index is -0.592. The van der Waals surface area contributed by atoms with Crippen molar-refractivity contribution in [1.29, 1.82) is 0 Å². The molecule has 6 nitrogen and oxygen atoms in total. The smallest absolute Gasteiger partial charge is 0.319 e. The number of benzene rings is 2. The first-order valence-corrected chi connectivity index (χ1v) is 8.35. The van der Waals surface area contributed by atoms with Crippen LogP contribution in [-0.2, 0) is 4.79 Å². The highest BCUT2D eigenvalue weighted by Crippen LogP contribution is 2.29. The summed E-state index contributed by atoms with van der Waals surface area (Å²) >= 11 is 5.88. The van der Waals surface area contributed by atoms with E-state index in [9.17, 15) is 9.59 Å². The van der Waals surface area contributed by atoms with Crippen LogP contribution in [0.25, 0.3) is 0 Å². The van der Waals surface area contributed by atoms with Crippen molar-refractivity contribution in [2.75, 3.05) is 12.4 Å². The molecule has 7 heteroatoms. The summed E-state index contributed by atoms with van der Waals surface area (Å²) in [6, 6.07) is 13.1. The Balaban J connectivity index is 1.94. The summed E-state index contributed by atoms with van der Waals surface area (Å²) in [6.45, 7) is 1.70. The van der Waals surface area contributed by atoms with Gasteiger partial charge in [-0.2, -0.15) is 0 Å². The Bertz CT molecular complexity index is 878. The van der Waals surface area contributed by atoms with Gasteiger partial charge in [-0.15, -0.1) is 0 Å². The predicted octanol–water partition coefficient (Wildman–Crippen LogP) is 3.62. The fourth-order valence-corrected chi connectivity index (χ4v) is 2.92. The largest absolute Gasteiger partial charge is 0.497 e. The van der Waals surface area contributed by atoms with E-state index in [2.05, 4.69) is 16.0 Å². The molecule has 0 radical (unpaired) electrons. The van der Waals surface area contributed by atoms with Crippen LogP contribution in [0.2, 0.25) is 5.02 Å². The van der Waals surface area contributed by atoms with Gasteiger partial charge in [0.15, 0.2) is 0 Å². The molecule has 0 saturated carbocycles. The molecular weight excluding hydrogens is 354 g/mol. The number of hydrogen-bond donors (Lipinski definition) is 3. The summed E-state index contributed by atoms with van der Waals surface area (Å²) in [5, 5.41) is 8.86. The lowest BCUT2D eigenvalue weighted by Crippen LogP contribution is -2.45. The van der Waals surface area contributed by atoms with Crippen molar-refractivity contribution >= 4 is 29.2 Å². The second kappa shape index (κ2) is 7.49. The third-order valence-electron chi connectivity index (χ3n) is 4.04. The molecule has 0 aliphatic carbocycles. The predicted molar refractivity (Wildman–Crippen MR) is 100 cm³/mol. The number of ether oxygens (including phenoxy) is 1. The van der Waals surface area contributed by atoms with Gasteiger partial charge in [0, 0.05) is 16.4 Å². The molecule has 134 valence electrons. The molecule has 1 aliphatic heterocycles. The Morgan fingerprint density at radius 3 is 2.62 bits per heavy atom. The summed E-state index contributed by atoms with van der Waals surface area (Å²) in [7, 11) is 1.56. The highest BCUT2D eigenvalue weighted by molar-refractivity contribution is 6.30. The fraction of sp³-hybridized carbons (Fsp3) is 0.158. The number of nitrogens with one attached hydrogen (secondary N) is 3. The van der Waals surface area contributed by atoms with E-state index in [-0.39, 0.29) is 11.9 Å². The van der Waals surface area contributed by atoms with Crippen LogP contribution in [0.15, 0.2) is 59.8 Å². The average molecular weight is 372 g/mol. The molecule has 26 heavy (non-hydrogen) atoms. The van der Waals surface area contributed by atoms with Gasteiger partial charge in [-0.3, -0.25) is 4.79 Å². The third kappa shape index (κ3) is 3.81. The maximum atomic E-state index is 12.9. The molecule has 3 N–H and O–H groups in total. The summed E-state index contributed by atoms with van der Waals surface area (Å²) in [6.07, 6.45) is 0. The van der Waals surface area contributed by atoms with E-state index in [1.54, 1.807) is 50.4 Å². The molecule has 0 fully saturated rings. The second-order valence-electron chi connectivity index (χ2n) is 5.81. The number of methoxy groups -OCH3 is 1. The van der Waals surface area contributed by atoms with Crippen LogP contribution >= 0.6 is 11.6 Å². The van der Waals surface area contributed by atoms with E-state index in [0.29, 0.717) is 27.7 Å². The van der Waals surface area contributed by atoms with E-state index in [4.69, 9.17) is 16.3 Å². The number of anilines is 1. The van der Waals surface area contributed by atoms with Gasteiger partial charge >= 0.3 is 6.03 Å². The lowest BCUT2D eigenvalue weighted by Gasteiger charge is -2.28. The van der Waals surface area contributed by atoms with Gasteiger partial charge < -0.3 is 20.7 Å². The van der Waals surface area contributed by atoms with E-state index in [0.717, 1.165) is 5.56 Å². The van der Waals surface area contributed by atoms with Crippen molar-refractivity contribution < 1.29 is 14.3 Å². The minimum Gasteiger partial charge on any atom is -0.497 e. The normalized spacial score (nSPS) is 16.6. The lowest BCUT2D eigenvalue weighted by atomic mass is 9.94. The van der Waals surface area contributed by atoms with Gasteiger partial charge in [-0.25, -0.2) is 4.79 Å². The van der Waals surface area contributed by atoms with Crippen molar-refractivity contribution in [3.63, 3.8) is 0 Å². The van der Waals surface area contributed by atoms with E-state index in [1.807, 2.05) is 12.1 Å². The molecule has 0 saturated heterocycles. The number of carbonyl (C=O) groups is 2. The summed E-state index contributed by atoms with van der Waals surface area (Å²) in [5.74, 6) is 0.329. The molecule has 2 aromatic carbocycles. The average Bonchev–Trinajstić information content (AvgIpc) is 2.63. The molecule has 1 heterocycles. The number of amides is 3. The first kappa shape index (κ1) is 17.8.